The number of aldehydes is 1. The Morgan fingerprint density at radius 2 is 1.83 bits per heavy atom. The summed E-state index contributed by atoms with van der Waals surface area (Å²) in [6.07, 6.45) is 0.838. The van der Waals surface area contributed by atoms with Gasteiger partial charge in [-0.05, 0) is 42.5 Å². The van der Waals surface area contributed by atoms with Gasteiger partial charge in [-0.2, -0.15) is 0 Å². The molecule has 0 amide bonds. The smallest absolute Gasteiger partial charge is 0.349 e. The number of rotatable bonds is 8. The highest BCUT2D eigenvalue weighted by Crippen LogP contribution is 2.36. The highest BCUT2D eigenvalue weighted by molar-refractivity contribution is 7.92. The van der Waals surface area contributed by atoms with E-state index in [2.05, 4.69) is 0 Å². The molecule has 2 aromatic carbocycles. The maximum atomic E-state index is 13.1. The minimum absolute atomic E-state index is 0.184. The van der Waals surface area contributed by atoms with Crippen molar-refractivity contribution in [2.75, 3.05) is 7.11 Å². The Balaban J connectivity index is 1.86. The molecule has 0 saturated carbocycles. The normalized spacial score (nSPS) is 20.3. The predicted octanol–water partition coefficient (Wildman–Crippen LogP) is 2.63. The SMILES string of the molecule is COc1cc(C=O)ccc1O[C@H]1C=C[C@@H](C(C)([N+](=O)[O-])S(=O)(=O)c2ccccc2)O1. The molecule has 9 nitrogen and oxygen atoms in total. The molecule has 1 aliphatic heterocycles. The Kier molecular flexibility index (Phi) is 5.90. The molecule has 1 heterocycles. The molecule has 0 radical (unpaired) electrons. The Bertz CT molecular complexity index is 1080. The van der Waals surface area contributed by atoms with Crippen LogP contribution >= 0.6 is 0 Å². The van der Waals surface area contributed by atoms with E-state index in [1.54, 1.807) is 6.07 Å². The van der Waals surface area contributed by atoms with Crippen LogP contribution in [0.3, 0.4) is 0 Å². The van der Waals surface area contributed by atoms with Crippen molar-refractivity contribution in [3.05, 3.63) is 76.4 Å². The zero-order chi connectivity index (χ0) is 21.9. The third kappa shape index (κ3) is 3.66. The summed E-state index contributed by atoms with van der Waals surface area (Å²) in [6.45, 7) is 1.01. The number of carbonyl (C=O) groups excluding carboxylic acids is 1. The van der Waals surface area contributed by atoms with Crippen molar-refractivity contribution in [2.24, 2.45) is 0 Å². The number of methoxy groups -OCH3 is 1. The molecule has 0 aliphatic carbocycles. The number of hydrogen-bond acceptors (Lipinski definition) is 8. The van der Waals surface area contributed by atoms with Crippen LogP contribution in [0.4, 0.5) is 0 Å². The number of nitro groups is 1. The van der Waals surface area contributed by atoms with Gasteiger partial charge in [-0.15, -0.1) is 0 Å². The fraction of sp³-hybridized carbons (Fsp3) is 0.250. The van der Waals surface area contributed by atoms with Crippen LogP contribution in [0, 0.1) is 10.1 Å². The Hall–Kier alpha value is -3.24. The molecular weight excluding hydrogens is 414 g/mol. The number of benzene rings is 2. The zero-order valence-electron chi connectivity index (χ0n) is 16.1. The molecule has 30 heavy (non-hydrogen) atoms. The van der Waals surface area contributed by atoms with Crippen LogP contribution in [-0.2, 0) is 14.6 Å². The number of sulfone groups is 1. The van der Waals surface area contributed by atoms with Crippen LogP contribution in [-0.4, -0.2) is 44.0 Å². The van der Waals surface area contributed by atoms with Crippen LogP contribution < -0.4 is 9.47 Å². The van der Waals surface area contributed by atoms with E-state index in [0.717, 1.165) is 6.92 Å². The second-order valence-electron chi connectivity index (χ2n) is 6.58. The molecule has 0 fully saturated rings. The van der Waals surface area contributed by atoms with Crippen molar-refractivity contribution in [3.8, 4) is 11.5 Å². The molecule has 0 N–H and O–H groups in total. The van der Waals surface area contributed by atoms with Gasteiger partial charge in [0.15, 0.2) is 17.6 Å². The van der Waals surface area contributed by atoms with E-state index in [1.165, 1.54) is 61.7 Å². The lowest BCUT2D eigenvalue weighted by Gasteiger charge is -2.26. The first-order chi connectivity index (χ1) is 14.2. The maximum Gasteiger partial charge on any atom is 0.349 e. The van der Waals surface area contributed by atoms with E-state index >= 15 is 0 Å². The summed E-state index contributed by atoms with van der Waals surface area (Å²) in [5, 5.41) is 11.9. The summed E-state index contributed by atoms with van der Waals surface area (Å²) in [6, 6.07) is 11.6. The monoisotopic (exact) mass is 433 g/mol. The molecule has 0 spiro atoms. The van der Waals surface area contributed by atoms with E-state index in [1.807, 2.05) is 0 Å². The highest BCUT2D eigenvalue weighted by Gasteiger charge is 2.60. The van der Waals surface area contributed by atoms with Crippen LogP contribution in [0.15, 0.2) is 65.6 Å². The fourth-order valence-corrected chi connectivity index (χ4v) is 4.60. The molecule has 0 aromatic heterocycles. The Labute approximate surface area is 172 Å². The van der Waals surface area contributed by atoms with Gasteiger partial charge in [0.2, 0.25) is 6.29 Å². The van der Waals surface area contributed by atoms with Crippen LogP contribution in [0.2, 0.25) is 0 Å². The quantitative estimate of drug-likeness (QED) is 0.269. The lowest BCUT2D eigenvalue weighted by atomic mass is 10.2. The molecule has 0 bridgehead atoms. The molecule has 2 aromatic rings. The van der Waals surface area contributed by atoms with Gasteiger partial charge in [-0.3, -0.25) is 14.9 Å². The van der Waals surface area contributed by atoms with Gasteiger partial charge in [0.25, 0.3) is 9.84 Å². The average molecular weight is 433 g/mol. The second kappa shape index (κ2) is 8.25. The van der Waals surface area contributed by atoms with Crippen molar-refractivity contribution < 1.29 is 32.3 Å². The minimum Gasteiger partial charge on any atom is -0.493 e. The molecule has 1 aliphatic rings. The Morgan fingerprint density at radius 1 is 1.13 bits per heavy atom. The molecular formula is C20H19NO8S. The molecule has 10 heteroatoms. The summed E-state index contributed by atoms with van der Waals surface area (Å²) < 4.78 is 42.5. The number of ether oxygens (including phenoxy) is 3. The number of hydrogen-bond donors (Lipinski definition) is 0. The van der Waals surface area contributed by atoms with E-state index in [4.69, 9.17) is 14.2 Å². The predicted molar refractivity (Wildman–Crippen MR) is 106 cm³/mol. The van der Waals surface area contributed by atoms with E-state index < -0.39 is 32.0 Å². The molecule has 1 unspecified atom stereocenters. The van der Waals surface area contributed by atoms with Gasteiger partial charge in [0.05, 0.1) is 12.0 Å². The lowest BCUT2D eigenvalue weighted by Crippen LogP contribution is -2.53. The van der Waals surface area contributed by atoms with Crippen molar-refractivity contribution in [1.29, 1.82) is 0 Å². The third-order valence-electron chi connectivity index (χ3n) is 4.78. The average Bonchev–Trinajstić information content (AvgIpc) is 3.22. The lowest BCUT2D eigenvalue weighted by molar-refractivity contribution is -0.547. The second-order valence-corrected chi connectivity index (χ2v) is 8.89. The standard InChI is InChI=1S/C20H19NO8S/c1-20(21(23)24,30(25,26)15-6-4-3-5-7-15)18-10-11-19(29-18)28-16-9-8-14(13-22)12-17(16)27-2/h3-13,18-19H,1-2H3/t18-,19+,20?/m0/s1. The van der Waals surface area contributed by atoms with E-state index in [9.17, 15) is 23.3 Å². The molecule has 158 valence electrons. The minimum atomic E-state index is -4.40. The van der Waals surface area contributed by atoms with Crippen LogP contribution in [0.25, 0.3) is 0 Å². The molecule has 3 rings (SSSR count). The van der Waals surface area contributed by atoms with Crippen molar-refractivity contribution in [1.82, 2.24) is 0 Å². The van der Waals surface area contributed by atoms with Crippen molar-refractivity contribution >= 4 is 16.1 Å². The van der Waals surface area contributed by atoms with Gasteiger partial charge in [0.1, 0.15) is 6.29 Å². The summed E-state index contributed by atoms with van der Waals surface area (Å²) in [4.78, 5) is 19.3. The summed E-state index contributed by atoms with van der Waals surface area (Å²) in [5.74, 6) is 0.487. The third-order valence-corrected chi connectivity index (χ3v) is 7.14. The summed E-state index contributed by atoms with van der Waals surface area (Å²) in [7, 11) is -3.01. The molecule has 0 saturated heterocycles. The topological polar surface area (TPSA) is 122 Å². The first-order valence-electron chi connectivity index (χ1n) is 8.82. The van der Waals surface area contributed by atoms with Crippen LogP contribution in [0.1, 0.15) is 17.3 Å². The van der Waals surface area contributed by atoms with Crippen molar-refractivity contribution in [3.63, 3.8) is 0 Å². The number of nitrogens with zero attached hydrogens (tertiary/aromatic N) is 1. The van der Waals surface area contributed by atoms with Gasteiger partial charge < -0.3 is 14.2 Å². The first-order valence-corrected chi connectivity index (χ1v) is 10.3. The Morgan fingerprint density at radius 3 is 2.43 bits per heavy atom. The van der Waals surface area contributed by atoms with Crippen LogP contribution in [0.5, 0.6) is 11.5 Å². The summed E-state index contributed by atoms with van der Waals surface area (Å²) in [5.41, 5.74) is 0.370. The first kappa shape index (κ1) is 21.5. The summed E-state index contributed by atoms with van der Waals surface area (Å²) >= 11 is 0. The van der Waals surface area contributed by atoms with Gasteiger partial charge >= 0.3 is 4.87 Å². The maximum absolute atomic E-state index is 13.1. The highest BCUT2D eigenvalue weighted by atomic mass is 32.2. The molecule has 3 atom stereocenters. The van der Waals surface area contributed by atoms with Gasteiger partial charge in [0, 0.05) is 17.4 Å². The van der Waals surface area contributed by atoms with Gasteiger partial charge in [-0.1, -0.05) is 18.2 Å². The van der Waals surface area contributed by atoms with E-state index in [-0.39, 0.29) is 16.4 Å². The fourth-order valence-electron chi connectivity index (χ4n) is 2.97. The zero-order valence-corrected chi connectivity index (χ0v) is 16.9. The number of carbonyl (C=O) groups is 1. The largest absolute Gasteiger partial charge is 0.493 e. The van der Waals surface area contributed by atoms with Gasteiger partial charge in [-0.25, -0.2) is 8.42 Å². The van der Waals surface area contributed by atoms with Crippen molar-refractivity contribution in [2.45, 2.75) is 29.1 Å². The van der Waals surface area contributed by atoms with E-state index in [0.29, 0.717) is 11.8 Å².